The van der Waals surface area contributed by atoms with Crippen LogP contribution in [0.4, 0.5) is 0 Å². The van der Waals surface area contributed by atoms with Gasteiger partial charge in [0.05, 0.1) is 24.7 Å². The molecule has 1 aromatic heterocycles. The molecule has 0 spiro atoms. The van der Waals surface area contributed by atoms with Crippen LogP contribution in [0, 0.1) is 0 Å². The van der Waals surface area contributed by atoms with Crippen molar-refractivity contribution in [1.29, 1.82) is 0 Å². The van der Waals surface area contributed by atoms with E-state index >= 15 is 0 Å². The Bertz CT molecular complexity index is 989. The van der Waals surface area contributed by atoms with Crippen LogP contribution >= 0.6 is 15.9 Å². The summed E-state index contributed by atoms with van der Waals surface area (Å²) in [5.74, 6) is -0.265. The first-order valence-electron chi connectivity index (χ1n) is 7.63. The van der Waals surface area contributed by atoms with E-state index in [2.05, 4.69) is 15.9 Å². The number of carbonyl (C=O) groups is 1. The highest BCUT2D eigenvalue weighted by Crippen LogP contribution is 2.28. The molecule has 0 radical (unpaired) electrons. The molecule has 0 saturated heterocycles. The van der Waals surface area contributed by atoms with E-state index in [-0.39, 0.29) is 28.9 Å². The highest BCUT2D eigenvalue weighted by Gasteiger charge is 2.23. The van der Waals surface area contributed by atoms with Crippen molar-refractivity contribution >= 4 is 32.9 Å². The van der Waals surface area contributed by atoms with Crippen LogP contribution in [0.1, 0.15) is 17.5 Å². The third kappa shape index (κ3) is 3.30. The fraction of sp³-hybridized carbons (Fsp3) is 0.158. The largest absolute Gasteiger partial charge is 0.497 e. The van der Waals surface area contributed by atoms with Crippen molar-refractivity contribution in [3.63, 3.8) is 0 Å². The Hall–Kier alpha value is -2.60. The lowest BCUT2D eigenvalue weighted by molar-refractivity contribution is 0.0492. The summed E-state index contributed by atoms with van der Waals surface area (Å²) in [4.78, 5) is 25.4. The number of rotatable bonds is 4. The summed E-state index contributed by atoms with van der Waals surface area (Å²) in [6.07, 6.45) is 0. The van der Waals surface area contributed by atoms with Crippen molar-refractivity contribution in [2.75, 3.05) is 13.7 Å². The number of fused-ring (bicyclic) bond motifs is 1. The molecule has 5 nitrogen and oxygen atoms in total. The van der Waals surface area contributed by atoms with E-state index in [1.54, 1.807) is 49.4 Å². The third-order valence-electron chi connectivity index (χ3n) is 3.69. The van der Waals surface area contributed by atoms with Crippen molar-refractivity contribution in [3.05, 3.63) is 62.9 Å². The van der Waals surface area contributed by atoms with Crippen LogP contribution in [0.5, 0.6) is 5.75 Å². The lowest BCUT2D eigenvalue weighted by Crippen LogP contribution is -2.15. The Kier molecular flexibility index (Phi) is 4.90. The molecule has 0 amide bonds. The van der Waals surface area contributed by atoms with E-state index in [0.717, 1.165) is 4.47 Å². The average molecular weight is 403 g/mol. The fourth-order valence-corrected chi connectivity index (χ4v) is 2.78. The molecule has 6 heteroatoms. The molecule has 0 unspecified atom stereocenters. The highest BCUT2D eigenvalue weighted by atomic mass is 79.9. The van der Waals surface area contributed by atoms with Gasteiger partial charge in [-0.2, -0.15) is 0 Å². The van der Waals surface area contributed by atoms with Crippen LogP contribution in [0.15, 0.2) is 56.1 Å². The predicted octanol–water partition coefficient (Wildman–Crippen LogP) is 4.41. The molecular formula is C19H15BrO5. The molecule has 0 bridgehead atoms. The van der Waals surface area contributed by atoms with E-state index in [9.17, 15) is 9.59 Å². The number of esters is 1. The molecule has 128 valence electrons. The van der Waals surface area contributed by atoms with Crippen molar-refractivity contribution in [2.45, 2.75) is 6.92 Å². The molecule has 0 aliphatic rings. The number of halogens is 1. The zero-order valence-corrected chi connectivity index (χ0v) is 15.3. The second-order valence-corrected chi connectivity index (χ2v) is 6.14. The molecule has 3 rings (SSSR count). The van der Waals surface area contributed by atoms with Gasteiger partial charge in [0.25, 0.3) is 0 Å². The Labute approximate surface area is 152 Å². The number of methoxy groups -OCH3 is 1. The van der Waals surface area contributed by atoms with Gasteiger partial charge in [-0.1, -0.05) is 28.1 Å². The van der Waals surface area contributed by atoms with E-state index in [1.807, 2.05) is 0 Å². The van der Waals surface area contributed by atoms with E-state index < -0.39 is 5.97 Å². The Morgan fingerprint density at radius 1 is 1.16 bits per heavy atom. The number of hydrogen-bond donors (Lipinski definition) is 0. The van der Waals surface area contributed by atoms with Crippen molar-refractivity contribution < 1.29 is 18.7 Å². The molecule has 0 atom stereocenters. The van der Waals surface area contributed by atoms with E-state index in [4.69, 9.17) is 13.9 Å². The number of carbonyl (C=O) groups excluding carboxylic acids is 1. The predicted molar refractivity (Wildman–Crippen MR) is 98.1 cm³/mol. The first-order chi connectivity index (χ1) is 12.0. The highest BCUT2D eigenvalue weighted by molar-refractivity contribution is 9.10. The second-order valence-electron chi connectivity index (χ2n) is 5.22. The molecule has 0 N–H and O–H groups in total. The summed E-state index contributed by atoms with van der Waals surface area (Å²) in [5.41, 5.74) is 0.740. The van der Waals surface area contributed by atoms with E-state index in [0.29, 0.717) is 16.7 Å². The lowest BCUT2D eigenvalue weighted by atomic mass is 10.0. The number of ether oxygens (including phenoxy) is 2. The van der Waals surface area contributed by atoms with Crippen molar-refractivity contribution in [2.24, 2.45) is 0 Å². The van der Waals surface area contributed by atoms with Crippen molar-refractivity contribution in [1.82, 2.24) is 0 Å². The standard InChI is InChI=1S/C19H15BrO5/c1-3-24-19(22)18-16(11-4-6-12(20)7-5-11)17(21)14-9-8-13(23-2)10-15(14)25-18/h4-10H,3H2,1-2H3. The molecular weight excluding hydrogens is 388 g/mol. The quantitative estimate of drug-likeness (QED) is 0.604. The van der Waals surface area contributed by atoms with Crippen LogP contribution in [0.2, 0.25) is 0 Å². The topological polar surface area (TPSA) is 65.7 Å². The SMILES string of the molecule is CCOC(=O)c1oc2cc(OC)ccc2c(=O)c1-c1ccc(Br)cc1. The smallest absolute Gasteiger partial charge is 0.375 e. The monoisotopic (exact) mass is 402 g/mol. The minimum atomic E-state index is -0.678. The summed E-state index contributed by atoms with van der Waals surface area (Å²) >= 11 is 3.36. The Balaban J connectivity index is 2.34. The third-order valence-corrected chi connectivity index (χ3v) is 4.22. The van der Waals surface area contributed by atoms with Gasteiger partial charge in [-0.05, 0) is 36.8 Å². The second kappa shape index (κ2) is 7.11. The lowest BCUT2D eigenvalue weighted by Gasteiger charge is -2.10. The molecule has 25 heavy (non-hydrogen) atoms. The number of hydrogen-bond acceptors (Lipinski definition) is 5. The van der Waals surface area contributed by atoms with Crippen LogP contribution in [0.3, 0.4) is 0 Å². The van der Waals surface area contributed by atoms with Gasteiger partial charge >= 0.3 is 5.97 Å². The van der Waals surface area contributed by atoms with Crippen LogP contribution in [0.25, 0.3) is 22.1 Å². The fourth-order valence-electron chi connectivity index (χ4n) is 2.52. The summed E-state index contributed by atoms with van der Waals surface area (Å²) < 4.78 is 16.8. The van der Waals surface area contributed by atoms with Crippen LogP contribution < -0.4 is 10.2 Å². The van der Waals surface area contributed by atoms with Gasteiger partial charge in [0.2, 0.25) is 11.2 Å². The van der Waals surface area contributed by atoms with Gasteiger partial charge in [0, 0.05) is 10.5 Å². The van der Waals surface area contributed by atoms with E-state index in [1.165, 1.54) is 7.11 Å². The first-order valence-corrected chi connectivity index (χ1v) is 8.42. The molecule has 0 aliphatic heterocycles. The van der Waals surface area contributed by atoms with Crippen LogP contribution in [-0.2, 0) is 4.74 Å². The molecule has 1 heterocycles. The first kappa shape index (κ1) is 17.2. The molecule has 0 saturated carbocycles. The summed E-state index contributed by atoms with van der Waals surface area (Å²) in [6.45, 7) is 1.87. The van der Waals surface area contributed by atoms with Gasteiger partial charge in [-0.25, -0.2) is 4.79 Å². The summed E-state index contributed by atoms with van der Waals surface area (Å²) in [6, 6.07) is 11.9. The normalized spacial score (nSPS) is 10.7. The van der Waals surface area contributed by atoms with Gasteiger partial charge in [-0.3, -0.25) is 4.79 Å². The minimum Gasteiger partial charge on any atom is -0.497 e. The molecule has 3 aromatic rings. The summed E-state index contributed by atoms with van der Waals surface area (Å²) in [5, 5.41) is 0.367. The molecule has 0 fully saturated rings. The van der Waals surface area contributed by atoms with Crippen LogP contribution in [-0.4, -0.2) is 19.7 Å². The maximum atomic E-state index is 13.0. The number of benzene rings is 2. The maximum absolute atomic E-state index is 13.0. The summed E-state index contributed by atoms with van der Waals surface area (Å²) in [7, 11) is 1.52. The average Bonchev–Trinajstić information content (AvgIpc) is 2.62. The zero-order valence-electron chi connectivity index (χ0n) is 13.7. The molecule has 2 aromatic carbocycles. The van der Waals surface area contributed by atoms with Crippen molar-refractivity contribution in [3.8, 4) is 16.9 Å². The van der Waals surface area contributed by atoms with Gasteiger partial charge in [0.1, 0.15) is 11.3 Å². The zero-order chi connectivity index (χ0) is 18.0. The Morgan fingerprint density at radius 3 is 2.52 bits per heavy atom. The Morgan fingerprint density at radius 2 is 1.88 bits per heavy atom. The minimum absolute atomic E-state index is 0.116. The molecule has 0 aliphatic carbocycles. The maximum Gasteiger partial charge on any atom is 0.375 e. The van der Waals surface area contributed by atoms with Gasteiger partial charge in [0.15, 0.2) is 0 Å². The van der Waals surface area contributed by atoms with Gasteiger partial charge in [-0.15, -0.1) is 0 Å². The van der Waals surface area contributed by atoms with Gasteiger partial charge < -0.3 is 13.9 Å².